The van der Waals surface area contributed by atoms with Gasteiger partial charge in [-0.15, -0.1) is 0 Å². The second-order valence-corrected chi connectivity index (χ2v) is 2.06. The molecule has 1 heterocycles. The van der Waals surface area contributed by atoms with Gasteiger partial charge in [-0.3, -0.25) is 0 Å². The highest BCUT2D eigenvalue weighted by Gasteiger charge is 1.94. The largest absolute Gasteiger partial charge is 0.445 e. The van der Waals surface area contributed by atoms with E-state index in [4.69, 9.17) is 4.42 Å². The Hall–Kier alpha value is -0.310. The van der Waals surface area contributed by atoms with Crippen LogP contribution in [0.25, 0.3) is 0 Å². The van der Waals surface area contributed by atoms with E-state index in [1.54, 1.807) is 6.20 Å². The monoisotopic (exact) mass is 175 g/mol. The Labute approximate surface area is 56.0 Å². The Morgan fingerprint density at radius 1 is 1.88 bits per heavy atom. The van der Waals surface area contributed by atoms with Gasteiger partial charge >= 0.3 is 0 Å². The summed E-state index contributed by atoms with van der Waals surface area (Å²) in [5.41, 5.74) is 0. The third-order valence-electron chi connectivity index (χ3n) is 0.783. The van der Waals surface area contributed by atoms with Crippen molar-refractivity contribution in [3.05, 3.63) is 17.8 Å². The van der Waals surface area contributed by atoms with E-state index in [1.165, 1.54) is 0 Å². The van der Waals surface area contributed by atoms with Gasteiger partial charge < -0.3 is 4.42 Å². The molecule has 1 rings (SSSR count). The molecular formula is C5H6BrNO. The minimum atomic E-state index is 0.695. The van der Waals surface area contributed by atoms with Crippen LogP contribution in [0, 0.1) is 6.92 Å². The molecule has 0 aliphatic carbocycles. The lowest BCUT2D eigenvalue weighted by Crippen LogP contribution is -1.69. The zero-order valence-corrected chi connectivity index (χ0v) is 6.10. The minimum Gasteiger partial charge on any atom is -0.445 e. The van der Waals surface area contributed by atoms with E-state index >= 15 is 0 Å². The molecule has 0 saturated carbocycles. The summed E-state index contributed by atoms with van der Waals surface area (Å²) in [6, 6.07) is 0. The highest BCUT2D eigenvalue weighted by atomic mass is 79.9. The van der Waals surface area contributed by atoms with Gasteiger partial charge in [0.2, 0.25) is 5.89 Å². The maximum Gasteiger partial charge on any atom is 0.204 e. The van der Waals surface area contributed by atoms with Crippen LogP contribution in [0.4, 0.5) is 0 Å². The summed E-state index contributed by atoms with van der Waals surface area (Å²) in [7, 11) is 0. The van der Waals surface area contributed by atoms with Crippen molar-refractivity contribution >= 4 is 15.9 Å². The van der Waals surface area contributed by atoms with Crippen molar-refractivity contribution in [2.24, 2.45) is 0 Å². The van der Waals surface area contributed by atoms with Crippen LogP contribution in [0.15, 0.2) is 10.6 Å². The molecule has 2 nitrogen and oxygen atoms in total. The zero-order chi connectivity index (χ0) is 5.98. The molecule has 0 unspecified atom stereocenters. The van der Waals surface area contributed by atoms with Crippen LogP contribution in [0.3, 0.4) is 0 Å². The van der Waals surface area contributed by atoms with Crippen molar-refractivity contribution in [3.63, 3.8) is 0 Å². The number of aryl methyl sites for hydroxylation is 1. The first-order chi connectivity index (χ1) is 3.83. The molecule has 3 heteroatoms. The average Bonchev–Trinajstić information content (AvgIpc) is 2.14. The maximum atomic E-state index is 5.07. The number of hydrogen-bond acceptors (Lipinski definition) is 2. The number of aromatic nitrogens is 1. The predicted octanol–water partition coefficient (Wildman–Crippen LogP) is 1.88. The molecule has 0 N–H and O–H groups in total. The third kappa shape index (κ3) is 1.10. The van der Waals surface area contributed by atoms with Crippen LogP contribution in [0.5, 0.6) is 0 Å². The highest BCUT2D eigenvalue weighted by Crippen LogP contribution is 2.04. The quantitative estimate of drug-likeness (QED) is 0.610. The molecule has 1 aromatic rings. The molecule has 0 spiro atoms. The van der Waals surface area contributed by atoms with Crippen molar-refractivity contribution in [2.45, 2.75) is 12.3 Å². The summed E-state index contributed by atoms with van der Waals surface area (Å²) in [6.07, 6.45) is 1.70. The SMILES string of the molecule is Cc1cnc(CBr)o1. The topological polar surface area (TPSA) is 26.0 Å². The normalized spacial score (nSPS) is 9.75. The van der Waals surface area contributed by atoms with Crippen LogP contribution in [-0.2, 0) is 5.33 Å². The molecule has 0 saturated heterocycles. The number of rotatable bonds is 1. The Balaban J connectivity index is 2.84. The van der Waals surface area contributed by atoms with E-state index in [2.05, 4.69) is 20.9 Å². The van der Waals surface area contributed by atoms with E-state index in [0.717, 1.165) is 11.7 Å². The molecule has 0 atom stereocenters. The fourth-order valence-corrected chi connectivity index (χ4v) is 0.722. The lowest BCUT2D eigenvalue weighted by molar-refractivity contribution is 0.491. The summed E-state index contributed by atoms with van der Waals surface area (Å²) in [4.78, 5) is 3.92. The first-order valence-corrected chi connectivity index (χ1v) is 3.42. The summed E-state index contributed by atoms with van der Waals surface area (Å²) in [5.74, 6) is 1.60. The second kappa shape index (κ2) is 2.31. The summed E-state index contributed by atoms with van der Waals surface area (Å²) in [6.45, 7) is 1.87. The van der Waals surface area contributed by atoms with Gasteiger partial charge in [-0.05, 0) is 6.92 Å². The Kier molecular flexibility index (Phi) is 1.68. The van der Waals surface area contributed by atoms with Gasteiger partial charge in [0, 0.05) is 0 Å². The zero-order valence-electron chi connectivity index (χ0n) is 4.52. The molecule has 0 fully saturated rings. The van der Waals surface area contributed by atoms with Crippen molar-refractivity contribution in [2.75, 3.05) is 0 Å². The van der Waals surface area contributed by atoms with Crippen LogP contribution >= 0.6 is 15.9 Å². The standard InChI is InChI=1S/C5H6BrNO/c1-4-3-7-5(2-6)8-4/h3H,2H2,1H3. The smallest absolute Gasteiger partial charge is 0.204 e. The molecule has 0 bridgehead atoms. The molecule has 0 radical (unpaired) electrons. The second-order valence-electron chi connectivity index (χ2n) is 1.50. The summed E-state index contributed by atoms with van der Waals surface area (Å²) >= 11 is 3.21. The molecule has 0 aliphatic rings. The maximum absolute atomic E-state index is 5.07. The number of nitrogens with zero attached hydrogens (tertiary/aromatic N) is 1. The Morgan fingerprint density at radius 3 is 2.88 bits per heavy atom. The third-order valence-corrected chi connectivity index (χ3v) is 1.26. The van der Waals surface area contributed by atoms with E-state index in [0.29, 0.717) is 5.33 Å². The van der Waals surface area contributed by atoms with E-state index in [1.807, 2.05) is 6.92 Å². The van der Waals surface area contributed by atoms with Gasteiger partial charge in [0.05, 0.1) is 11.5 Å². The van der Waals surface area contributed by atoms with Crippen LogP contribution in [0.1, 0.15) is 11.7 Å². The fourth-order valence-electron chi connectivity index (χ4n) is 0.463. The van der Waals surface area contributed by atoms with Crippen LogP contribution in [0.2, 0.25) is 0 Å². The van der Waals surface area contributed by atoms with Crippen molar-refractivity contribution in [1.82, 2.24) is 4.98 Å². The van der Waals surface area contributed by atoms with Crippen LogP contribution in [-0.4, -0.2) is 4.98 Å². The van der Waals surface area contributed by atoms with Crippen LogP contribution < -0.4 is 0 Å². The van der Waals surface area contributed by atoms with Gasteiger partial charge in [0.15, 0.2) is 0 Å². The summed E-state index contributed by atoms with van der Waals surface area (Å²) < 4.78 is 5.07. The van der Waals surface area contributed by atoms with E-state index < -0.39 is 0 Å². The fraction of sp³-hybridized carbons (Fsp3) is 0.400. The Morgan fingerprint density at radius 2 is 2.62 bits per heavy atom. The minimum absolute atomic E-state index is 0.695. The number of oxazole rings is 1. The first-order valence-electron chi connectivity index (χ1n) is 2.30. The lowest BCUT2D eigenvalue weighted by atomic mass is 10.6. The molecule has 8 heavy (non-hydrogen) atoms. The van der Waals surface area contributed by atoms with E-state index in [9.17, 15) is 0 Å². The van der Waals surface area contributed by atoms with Gasteiger partial charge in [-0.25, -0.2) is 4.98 Å². The Bertz CT molecular complexity index is 173. The molecular weight excluding hydrogens is 170 g/mol. The van der Waals surface area contributed by atoms with Crippen molar-refractivity contribution in [1.29, 1.82) is 0 Å². The van der Waals surface area contributed by atoms with Crippen molar-refractivity contribution in [3.8, 4) is 0 Å². The molecule has 1 aromatic heterocycles. The molecule has 0 aromatic carbocycles. The first kappa shape index (κ1) is 5.82. The number of alkyl halides is 1. The van der Waals surface area contributed by atoms with Crippen molar-refractivity contribution < 1.29 is 4.42 Å². The highest BCUT2D eigenvalue weighted by molar-refractivity contribution is 9.08. The van der Waals surface area contributed by atoms with Gasteiger partial charge in [-0.2, -0.15) is 0 Å². The number of hydrogen-bond donors (Lipinski definition) is 0. The molecule has 0 aliphatic heterocycles. The number of halogens is 1. The predicted molar refractivity (Wildman–Crippen MR) is 33.9 cm³/mol. The lowest BCUT2D eigenvalue weighted by Gasteiger charge is -1.79. The van der Waals surface area contributed by atoms with Gasteiger partial charge in [-0.1, -0.05) is 15.9 Å². The van der Waals surface area contributed by atoms with Gasteiger partial charge in [0.1, 0.15) is 5.76 Å². The molecule has 0 amide bonds. The van der Waals surface area contributed by atoms with Gasteiger partial charge in [0.25, 0.3) is 0 Å². The van der Waals surface area contributed by atoms with E-state index in [-0.39, 0.29) is 0 Å². The molecule has 44 valence electrons. The summed E-state index contributed by atoms with van der Waals surface area (Å²) in [5, 5.41) is 0.695. The average molecular weight is 176 g/mol.